The molecule has 0 radical (unpaired) electrons. The Hall–Kier alpha value is -1.06. The zero-order valence-corrected chi connectivity index (χ0v) is 12.9. The summed E-state index contributed by atoms with van der Waals surface area (Å²) in [5.41, 5.74) is 1.76. The number of hydrogen-bond donors (Lipinski definition) is 2. The van der Waals surface area contributed by atoms with Gasteiger partial charge in [0.05, 0.1) is 5.60 Å². The first kappa shape index (κ1) is 16.0. The molecule has 1 rings (SSSR count). The van der Waals surface area contributed by atoms with Gasteiger partial charge < -0.3 is 15.3 Å². The van der Waals surface area contributed by atoms with Crippen LogP contribution < -0.4 is 10.2 Å². The Morgan fingerprint density at radius 3 is 2.32 bits per heavy atom. The van der Waals surface area contributed by atoms with Gasteiger partial charge in [0.2, 0.25) is 0 Å². The molecule has 0 saturated carbocycles. The first-order valence-corrected chi connectivity index (χ1v) is 7.10. The first-order valence-electron chi connectivity index (χ1n) is 7.10. The molecule has 108 valence electrons. The SMILES string of the molecule is CCCNC(C)c1ccc(N(C)CC(C)(C)O)cc1. The highest BCUT2D eigenvalue weighted by Crippen LogP contribution is 2.19. The number of nitrogens with zero attached hydrogens (tertiary/aromatic N) is 1. The van der Waals surface area contributed by atoms with Crippen molar-refractivity contribution in [2.24, 2.45) is 0 Å². The minimum absolute atomic E-state index is 0.383. The predicted molar refractivity (Wildman–Crippen MR) is 82.7 cm³/mol. The number of anilines is 1. The third-order valence-electron chi connectivity index (χ3n) is 3.16. The monoisotopic (exact) mass is 264 g/mol. The average molecular weight is 264 g/mol. The molecule has 0 fully saturated rings. The van der Waals surface area contributed by atoms with Gasteiger partial charge in [0.1, 0.15) is 0 Å². The fourth-order valence-corrected chi connectivity index (χ4v) is 2.17. The highest BCUT2D eigenvalue weighted by molar-refractivity contribution is 5.47. The van der Waals surface area contributed by atoms with Crippen molar-refractivity contribution in [3.63, 3.8) is 0 Å². The molecule has 1 aromatic rings. The van der Waals surface area contributed by atoms with Crippen molar-refractivity contribution in [2.45, 2.75) is 45.8 Å². The van der Waals surface area contributed by atoms with Crippen LogP contribution in [0, 0.1) is 0 Å². The number of benzene rings is 1. The fourth-order valence-electron chi connectivity index (χ4n) is 2.17. The van der Waals surface area contributed by atoms with Crippen LogP contribution in [-0.2, 0) is 0 Å². The molecule has 0 aliphatic rings. The first-order chi connectivity index (χ1) is 8.83. The molecule has 3 nitrogen and oxygen atoms in total. The highest BCUT2D eigenvalue weighted by atomic mass is 16.3. The summed E-state index contributed by atoms with van der Waals surface area (Å²) < 4.78 is 0. The summed E-state index contributed by atoms with van der Waals surface area (Å²) in [5, 5.41) is 13.3. The third-order valence-corrected chi connectivity index (χ3v) is 3.16. The van der Waals surface area contributed by atoms with E-state index < -0.39 is 5.60 Å². The van der Waals surface area contributed by atoms with Crippen LogP contribution in [0.3, 0.4) is 0 Å². The lowest BCUT2D eigenvalue weighted by Gasteiger charge is -2.27. The minimum Gasteiger partial charge on any atom is -0.389 e. The van der Waals surface area contributed by atoms with E-state index in [0.29, 0.717) is 12.6 Å². The van der Waals surface area contributed by atoms with E-state index in [1.165, 1.54) is 5.56 Å². The molecular weight excluding hydrogens is 236 g/mol. The maximum Gasteiger partial charge on any atom is 0.0765 e. The summed E-state index contributed by atoms with van der Waals surface area (Å²) in [6, 6.07) is 8.93. The molecule has 0 spiro atoms. The van der Waals surface area contributed by atoms with Crippen molar-refractivity contribution in [3.05, 3.63) is 29.8 Å². The lowest BCUT2D eigenvalue weighted by atomic mass is 10.1. The zero-order chi connectivity index (χ0) is 14.5. The highest BCUT2D eigenvalue weighted by Gasteiger charge is 2.16. The van der Waals surface area contributed by atoms with Crippen LogP contribution >= 0.6 is 0 Å². The Morgan fingerprint density at radius 2 is 1.84 bits per heavy atom. The molecule has 1 unspecified atom stereocenters. The number of hydrogen-bond acceptors (Lipinski definition) is 3. The Kier molecular flexibility index (Phi) is 5.83. The van der Waals surface area contributed by atoms with Crippen molar-refractivity contribution >= 4 is 5.69 Å². The summed E-state index contributed by atoms with van der Waals surface area (Å²) in [6.07, 6.45) is 1.15. The molecule has 0 saturated heterocycles. The Labute approximate surface area is 117 Å². The van der Waals surface area contributed by atoms with E-state index in [1.807, 2.05) is 20.9 Å². The van der Waals surface area contributed by atoms with Gasteiger partial charge >= 0.3 is 0 Å². The van der Waals surface area contributed by atoms with Crippen LogP contribution in [0.5, 0.6) is 0 Å². The Morgan fingerprint density at radius 1 is 1.26 bits per heavy atom. The fraction of sp³-hybridized carbons (Fsp3) is 0.625. The Balaban J connectivity index is 2.65. The predicted octanol–water partition coefficient (Wildman–Crippen LogP) is 2.95. The number of rotatable bonds is 7. The van der Waals surface area contributed by atoms with Crippen LogP contribution in [0.1, 0.15) is 45.7 Å². The van der Waals surface area contributed by atoms with Gasteiger partial charge in [-0.2, -0.15) is 0 Å². The summed E-state index contributed by atoms with van der Waals surface area (Å²) in [7, 11) is 2.01. The second kappa shape index (κ2) is 6.92. The van der Waals surface area contributed by atoms with Gasteiger partial charge in [-0.05, 0) is 51.4 Å². The number of aliphatic hydroxyl groups is 1. The van der Waals surface area contributed by atoms with Crippen LogP contribution in [0.4, 0.5) is 5.69 Å². The molecule has 2 N–H and O–H groups in total. The average Bonchev–Trinajstić information content (AvgIpc) is 2.34. The van der Waals surface area contributed by atoms with E-state index in [-0.39, 0.29) is 0 Å². The van der Waals surface area contributed by atoms with Gasteiger partial charge in [-0.1, -0.05) is 19.1 Å². The molecule has 19 heavy (non-hydrogen) atoms. The molecule has 0 heterocycles. The van der Waals surface area contributed by atoms with Gasteiger partial charge in [-0.25, -0.2) is 0 Å². The van der Waals surface area contributed by atoms with Gasteiger partial charge in [-0.3, -0.25) is 0 Å². The molecular formula is C16H28N2O. The molecule has 0 amide bonds. The minimum atomic E-state index is -0.677. The molecule has 0 aliphatic heterocycles. The normalized spacial score (nSPS) is 13.4. The summed E-state index contributed by atoms with van der Waals surface area (Å²) in [4.78, 5) is 2.08. The number of nitrogens with one attached hydrogen (secondary N) is 1. The molecule has 1 atom stereocenters. The summed E-state index contributed by atoms with van der Waals surface area (Å²) in [5.74, 6) is 0. The van der Waals surface area contributed by atoms with Crippen molar-refractivity contribution in [1.82, 2.24) is 5.32 Å². The smallest absolute Gasteiger partial charge is 0.0765 e. The third kappa shape index (κ3) is 5.62. The molecule has 3 heteroatoms. The lowest BCUT2D eigenvalue weighted by Crippen LogP contribution is -2.36. The van der Waals surface area contributed by atoms with E-state index in [0.717, 1.165) is 18.7 Å². The van der Waals surface area contributed by atoms with Crippen LogP contribution in [-0.4, -0.2) is 30.8 Å². The van der Waals surface area contributed by atoms with Crippen molar-refractivity contribution in [3.8, 4) is 0 Å². The zero-order valence-electron chi connectivity index (χ0n) is 12.9. The van der Waals surface area contributed by atoms with Crippen molar-refractivity contribution in [2.75, 3.05) is 25.0 Å². The van der Waals surface area contributed by atoms with Gasteiger partial charge in [-0.15, -0.1) is 0 Å². The molecule has 1 aromatic carbocycles. The maximum atomic E-state index is 9.84. The standard InChI is InChI=1S/C16H28N2O/c1-6-11-17-13(2)14-7-9-15(10-8-14)18(5)12-16(3,4)19/h7-10,13,17,19H,6,11-12H2,1-5H3. The summed E-state index contributed by atoms with van der Waals surface area (Å²) >= 11 is 0. The van der Waals surface area contributed by atoms with E-state index in [9.17, 15) is 5.11 Å². The van der Waals surface area contributed by atoms with Crippen LogP contribution in [0.25, 0.3) is 0 Å². The van der Waals surface area contributed by atoms with Gasteiger partial charge in [0.15, 0.2) is 0 Å². The second-order valence-corrected chi connectivity index (χ2v) is 5.94. The molecule has 0 aliphatic carbocycles. The molecule has 0 bridgehead atoms. The van der Waals surface area contributed by atoms with Crippen molar-refractivity contribution in [1.29, 1.82) is 0 Å². The van der Waals surface area contributed by atoms with E-state index in [1.54, 1.807) is 0 Å². The van der Waals surface area contributed by atoms with E-state index >= 15 is 0 Å². The van der Waals surface area contributed by atoms with Gasteiger partial charge in [0.25, 0.3) is 0 Å². The summed E-state index contributed by atoms with van der Waals surface area (Å²) in [6.45, 7) is 9.68. The van der Waals surface area contributed by atoms with E-state index in [2.05, 4.69) is 48.3 Å². The van der Waals surface area contributed by atoms with Crippen LogP contribution in [0.15, 0.2) is 24.3 Å². The quantitative estimate of drug-likeness (QED) is 0.795. The Bertz CT molecular complexity index is 367. The second-order valence-electron chi connectivity index (χ2n) is 5.94. The topological polar surface area (TPSA) is 35.5 Å². The van der Waals surface area contributed by atoms with Crippen molar-refractivity contribution < 1.29 is 5.11 Å². The largest absolute Gasteiger partial charge is 0.389 e. The maximum absolute atomic E-state index is 9.84. The van der Waals surface area contributed by atoms with Gasteiger partial charge in [0, 0.05) is 25.3 Å². The number of likely N-dealkylation sites (N-methyl/N-ethyl adjacent to an activating group) is 1. The lowest BCUT2D eigenvalue weighted by molar-refractivity contribution is 0.0886. The van der Waals surface area contributed by atoms with Crippen LogP contribution in [0.2, 0.25) is 0 Å². The molecule has 0 aromatic heterocycles. The van der Waals surface area contributed by atoms with E-state index in [4.69, 9.17) is 0 Å².